The number of carbonyl (C=O) groups is 1. The molecule has 1 saturated heterocycles. The molecule has 3 N–H and O–H groups in total. The van der Waals surface area contributed by atoms with Crippen LogP contribution in [0.4, 0.5) is 0 Å². The number of ether oxygens (including phenoxy) is 1. The van der Waals surface area contributed by atoms with Gasteiger partial charge >= 0.3 is 5.97 Å². The fraction of sp³-hybridized carbons (Fsp3) is 0.900. The third kappa shape index (κ3) is 3.77. The molecule has 1 aliphatic rings. The van der Waals surface area contributed by atoms with E-state index in [1.165, 1.54) is 0 Å². The van der Waals surface area contributed by atoms with Gasteiger partial charge in [0.15, 0.2) is 0 Å². The minimum Gasteiger partial charge on any atom is -0.480 e. The average Bonchev–Trinajstić information content (AvgIpc) is 2.60. The van der Waals surface area contributed by atoms with Gasteiger partial charge in [-0.2, -0.15) is 0 Å². The Morgan fingerprint density at radius 2 is 2.40 bits per heavy atom. The maximum absolute atomic E-state index is 10.8. The van der Waals surface area contributed by atoms with Crippen molar-refractivity contribution < 1.29 is 19.7 Å². The zero-order chi connectivity index (χ0) is 11.3. The van der Waals surface area contributed by atoms with Crippen molar-refractivity contribution in [2.45, 2.75) is 37.8 Å². The summed E-state index contributed by atoms with van der Waals surface area (Å²) < 4.78 is 5.08. The second-order valence-corrected chi connectivity index (χ2v) is 4.09. The van der Waals surface area contributed by atoms with Crippen LogP contribution in [0.5, 0.6) is 0 Å². The van der Waals surface area contributed by atoms with Crippen molar-refractivity contribution in [3.05, 3.63) is 0 Å². The van der Waals surface area contributed by atoms with E-state index in [0.717, 1.165) is 6.42 Å². The first-order chi connectivity index (χ1) is 7.07. The fourth-order valence-corrected chi connectivity index (χ4v) is 1.65. The van der Waals surface area contributed by atoms with Crippen LogP contribution in [0.2, 0.25) is 0 Å². The summed E-state index contributed by atoms with van der Waals surface area (Å²) in [5, 5.41) is 21.7. The van der Waals surface area contributed by atoms with E-state index in [1.54, 1.807) is 0 Å². The minimum absolute atomic E-state index is 0.282. The Balaban J connectivity index is 2.35. The Labute approximate surface area is 89.4 Å². The van der Waals surface area contributed by atoms with Gasteiger partial charge in [-0.1, -0.05) is 13.3 Å². The Morgan fingerprint density at radius 3 is 2.87 bits per heavy atom. The van der Waals surface area contributed by atoms with Gasteiger partial charge in [0.25, 0.3) is 0 Å². The van der Waals surface area contributed by atoms with E-state index < -0.39 is 17.6 Å². The summed E-state index contributed by atoms with van der Waals surface area (Å²) in [5.74, 6) is -0.862. The van der Waals surface area contributed by atoms with E-state index in [9.17, 15) is 9.90 Å². The average molecular weight is 217 g/mol. The number of carboxylic acid groups (broad SMARTS) is 1. The normalized spacial score (nSPS) is 27.9. The van der Waals surface area contributed by atoms with Crippen LogP contribution in [0.3, 0.4) is 0 Å². The molecule has 2 atom stereocenters. The number of hydrogen-bond acceptors (Lipinski definition) is 4. The predicted molar refractivity (Wildman–Crippen MR) is 54.7 cm³/mol. The van der Waals surface area contributed by atoms with Gasteiger partial charge < -0.3 is 20.3 Å². The lowest BCUT2D eigenvalue weighted by Crippen LogP contribution is -2.47. The second kappa shape index (κ2) is 5.44. The lowest BCUT2D eigenvalue weighted by molar-refractivity contribution is -0.140. The third-order valence-corrected chi connectivity index (χ3v) is 2.64. The molecule has 0 spiro atoms. The molecule has 5 heteroatoms. The summed E-state index contributed by atoms with van der Waals surface area (Å²) in [6, 6.07) is -0.570. The molecular formula is C10H19NO4. The monoisotopic (exact) mass is 217 g/mol. The predicted octanol–water partition coefficient (Wildman–Crippen LogP) is -0.0193. The van der Waals surface area contributed by atoms with Crippen molar-refractivity contribution in [2.75, 3.05) is 19.8 Å². The van der Waals surface area contributed by atoms with E-state index in [1.807, 2.05) is 6.92 Å². The van der Waals surface area contributed by atoms with Crippen molar-refractivity contribution in [3.8, 4) is 0 Å². The smallest absolute Gasteiger partial charge is 0.320 e. The van der Waals surface area contributed by atoms with Crippen LogP contribution in [-0.4, -0.2) is 47.6 Å². The van der Waals surface area contributed by atoms with Gasteiger partial charge in [-0.3, -0.25) is 4.79 Å². The van der Waals surface area contributed by atoms with Crippen LogP contribution in [-0.2, 0) is 9.53 Å². The van der Waals surface area contributed by atoms with Crippen LogP contribution in [0.25, 0.3) is 0 Å². The Kier molecular flexibility index (Phi) is 4.50. The zero-order valence-corrected chi connectivity index (χ0v) is 9.03. The molecule has 0 radical (unpaired) electrons. The molecule has 0 amide bonds. The number of aliphatic hydroxyl groups is 1. The first-order valence-electron chi connectivity index (χ1n) is 5.34. The molecule has 0 aromatic heterocycles. The molecule has 1 heterocycles. The molecule has 1 rings (SSSR count). The number of aliphatic carboxylic acids is 1. The SMILES string of the molecule is CCCC(NCC1(O)CCOC1)C(=O)O. The third-order valence-electron chi connectivity index (χ3n) is 2.64. The van der Waals surface area contributed by atoms with E-state index in [0.29, 0.717) is 26.1 Å². The Hall–Kier alpha value is -0.650. The van der Waals surface area contributed by atoms with Crippen molar-refractivity contribution in [1.29, 1.82) is 0 Å². The lowest BCUT2D eigenvalue weighted by Gasteiger charge is -2.23. The van der Waals surface area contributed by atoms with Gasteiger partial charge in [0.1, 0.15) is 11.6 Å². The van der Waals surface area contributed by atoms with Crippen LogP contribution >= 0.6 is 0 Å². The van der Waals surface area contributed by atoms with E-state index in [2.05, 4.69) is 5.32 Å². The van der Waals surface area contributed by atoms with Gasteiger partial charge in [0.05, 0.1) is 6.61 Å². The molecule has 0 aromatic carbocycles. The van der Waals surface area contributed by atoms with Crippen molar-refractivity contribution in [2.24, 2.45) is 0 Å². The van der Waals surface area contributed by atoms with Gasteiger partial charge in [-0.25, -0.2) is 0 Å². The largest absolute Gasteiger partial charge is 0.480 e. The zero-order valence-electron chi connectivity index (χ0n) is 9.03. The topological polar surface area (TPSA) is 78.8 Å². The molecule has 2 unspecified atom stereocenters. The van der Waals surface area contributed by atoms with E-state index in [-0.39, 0.29) is 6.54 Å². The van der Waals surface area contributed by atoms with Crippen LogP contribution in [0.15, 0.2) is 0 Å². The molecule has 88 valence electrons. The minimum atomic E-state index is -0.887. The Morgan fingerprint density at radius 1 is 1.67 bits per heavy atom. The quantitative estimate of drug-likeness (QED) is 0.583. The summed E-state index contributed by atoms with van der Waals surface area (Å²) in [7, 11) is 0. The van der Waals surface area contributed by atoms with Crippen LogP contribution in [0.1, 0.15) is 26.2 Å². The molecule has 0 aromatic rings. The van der Waals surface area contributed by atoms with E-state index in [4.69, 9.17) is 9.84 Å². The second-order valence-electron chi connectivity index (χ2n) is 4.09. The van der Waals surface area contributed by atoms with Gasteiger partial charge in [0.2, 0.25) is 0 Å². The summed E-state index contributed by atoms with van der Waals surface area (Å²) in [6.07, 6.45) is 1.95. The first-order valence-corrected chi connectivity index (χ1v) is 5.34. The van der Waals surface area contributed by atoms with Crippen molar-refractivity contribution in [3.63, 3.8) is 0 Å². The number of hydrogen-bond donors (Lipinski definition) is 3. The molecule has 0 aliphatic carbocycles. The van der Waals surface area contributed by atoms with Crippen LogP contribution < -0.4 is 5.32 Å². The maximum Gasteiger partial charge on any atom is 0.320 e. The molecular weight excluding hydrogens is 198 g/mol. The van der Waals surface area contributed by atoms with Gasteiger partial charge in [0, 0.05) is 19.6 Å². The number of rotatable bonds is 6. The van der Waals surface area contributed by atoms with Crippen molar-refractivity contribution >= 4 is 5.97 Å². The highest BCUT2D eigenvalue weighted by Crippen LogP contribution is 2.17. The first kappa shape index (κ1) is 12.4. The molecule has 0 saturated carbocycles. The molecule has 5 nitrogen and oxygen atoms in total. The Bertz CT molecular complexity index is 213. The highest BCUT2D eigenvalue weighted by Gasteiger charge is 2.33. The van der Waals surface area contributed by atoms with Gasteiger partial charge in [-0.05, 0) is 6.42 Å². The summed E-state index contributed by atoms with van der Waals surface area (Å²) in [5.41, 5.74) is -0.887. The highest BCUT2D eigenvalue weighted by molar-refractivity contribution is 5.73. The summed E-state index contributed by atoms with van der Waals surface area (Å²) in [6.45, 7) is 3.05. The molecule has 1 fully saturated rings. The maximum atomic E-state index is 10.8. The molecule has 15 heavy (non-hydrogen) atoms. The highest BCUT2D eigenvalue weighted by atomic mass is 16.5. The summed E-state index contributed by atoms with van der Waals surface area (Å²) >= 11 is 0. The van der Waals surface area contributed by atoms with Gasteiger partial charge in [-0.15, -0.1) is 0 Å². The number of nitrogens with one attached hydrogen (secondary N) is 1. The number of carboxylic acids is 1. The fourth-order valence-electron chi connectivity index (χ4n) is 1.65. The van der Waals surface area contributed by atoms with Crippen LogP contribution in [0, 0.1) is 0 Å². The molecule has 0 bridgehead atoms. The van der Waals surface area contributed by atoms with Crippen molar-refractivity contribution in [1.82, 2.24) is 5.32 Å². The summed E-state index contributed by atoms with van der Waals surface area (Å²) in [4.78, 5) is 10.8. The lowest BCUT2D eigenvalue weighted by atomic mass is 10.0. The molecule has 1 aliphatic heterocycles. The standard InChI is InChI=1S/C10H19NO4/c1-2-3-8(9(12)13)11-6-10(14)4-5-15-7-10/h8,11,14H,2-7H2,1H3,(H,12,13). The van der Waals surface area contributed by atoms with E-state index >= 15 is 0 Å².